The maximum Gasteiger partial charge on any atom is 0.0156 e. The highest BCUT2D eigenvalue weighted by Gasteiger charge is 2.50. The largest absolute Gasteiger partial charge is 0.308 e. The quantitative estimate of drug-likeness (QED) is 0.560. The van der Waals surface area contributed by atoms with Gasteiger partial charge in [-0.3, -0.25) is 0 Å². The second kappa shape index (κ2) is 1.51. The van der Waals surface area contributed by atoms with E-state index < -0.39 is 0 Å². The molecule has 0 aromatic rings. The van der Waals surface area contributed by atoms with Gasteiger partial charge in [0.2, 0.25) is 0 Å². The maximum absolute atomic E-state index is 3.65. The summed E-state index contributed by atoms with van der Waals surface area (Å²) in [6.07, 6.45) is 4.17. The van der Waals surface area contributed by atoms with E-state index in [-0.39, 0.29) is 0 Å². The van der Waals surface area contributed by atoms with Crippen LogP contribution < -0.4 is 5.32 Å². The van der Waals surface area contributed by atoms with Crippen LogP contribution in [0.4, 0.5) is 0 Å². The Balaban J connectivity index is 2.02. The van der Waals surface area contributed by atoms with Crippen molar-refractivity contribution in [2.75, 3.05) is 0 Å². The van der Waals surface area contributed by atoms with E-state index in [2.05, 4.69) is 19.2 Å². The molecule has 1 heteroatoms. The fourth-order valence-electron chi connectivity index (χ4n) is 1.98. The van der Waals surface area contributed by atoms with Gasteiger partial charge in [-0.05, 0) is 32.1 Å². The summed E-state index contributed by atoms with van der Waals surface area (Å²) in [5.41, 5.74) is 0.508. The first-order valence-electron chi connectivity index (χ1n) is 4.01. The smallest absolute Gasteiger partial charge is 0.0156 e. The van der Waals surface area contributed by atoms with Gasteiger partial charge in [0.25, 0.3) is 0 Å². The van der Waals surface area contributed by atoms with Crippen LogP contribution in [0.15, 0.2) is 0 Å². The molecule has 0 aromatic heterocycles. The van der Waals surface area contributed by atoms with Crippen molar-refractivity contribution in [3.63, 3.8) is 0 Å². The second-order valence-corrected chi connectivity index (χ2v) is 3.86. The van der Waals surface area contributed by atoms with Gasteiger partial charge in [-0.1, -0.05) is 6.92 Å². The number of piperidine rings is 1. The van der Waals surface area contributed by atoms with Crippen LogP contribution in [0.3, 0.4) is 0 Å². The Bertz CT molecular complexity index is 121. The van der Waals surface area contributed by atoms with Gasteiger partial charge in [-0.2, -0.15) is 0 Å². The molecule has 1 saturated heterocycles. The summed E-state index contributed by atoms with van der Waals surface area (Å²) < 4.78 is 0. The zero-order chi connectivity index (χ0) is 6.48. The van der Waals surface area contributed by atoms with Gasteiger partial charge in [0.05, 0.1) is 0 Å². The van der Waals surface area contributed by atoms with E-state index in [0.717, 1.165) is 12.0 Å². The molecule has 1 N–H and O–H groups in total. The van der Waals surface area contributed by atoms with Crippen LogP contribution in [-0.2, 0) is 0 Å². The molecule has 9 heavy (non-hydrogen) atoms. The van der Waals surface area contributed by atoms with Crippen LogP contribution in [0.5, 0.6) is 0 Å². The summed E-state index contributed by atoms with van der Waals surface area (Å²) in [7, 11) is 0. The van der Waals surface area contributed by atoms with Gasteiger partial charge in [0.1, 0.15) is 0 Å². The molecule has 0 spiro atoms. The van der Waals surface area contributed by atoms with Crippen molar-refractivity contribution in [3.8, 4) is 0 Å². The normalized spacial score (nSPS) is 55.3. The topological polar surface area (TPSA) is 12.0 Å². The molecule has 0 radical (unpaired) electrons. The molecule has 1 aliphatic carbocycles. The van der Waals surface area contributed by atoms with Gasteiger partial charge in [0.15, 0.2) is 0 Å². The predicted molar refractivity (Wildman–Crippen MR) is 38.3 cm³/mol. The molecule has 3 atom stereocenters. The Labute approximate surface area is 56.8 Å². The van der Waals surface area contributed by atoms with Crippen molar-refractivity contribution in [1.29, 1.82) is 0 Å². The zero-order valence-electron chi connectivity index (χ0n) is 6.28. The monoisotopic (exact) mass is 125 g/mol. The van der Waals surface area contributed by atoms with Crippen molar-refractivity contribution in [2.24, 2.45) is 5.92 Å². The molecule has 52 valence electrons. The van der Waals surface area contributed by atoms with E-state index in [0.29, 0.717) is 5.54 Å². The van der Waals surface area contributed by atoms with Gasteiger partial charge < -0.3 is 5.32 Å². The average Bonchev–Trinajstić information content (AvgIpc) is 2.42. The van der Waals surface area contributed by atoms with Crippen LogP contribution in [0.2, 0.25) is 0 Å². The first-order valence-corrected chi connectivity index (χ1v) is 4.01. The third-order valence-corrected chi connectivity index (χ3v) is 2.95. The maximum atomic E-state index is 3.65. The van der Waals surface area contributed by atoms with E-state index in [1.54, 1.807) is 0 Å². The van der Waals surface area contributed by atoms with E-state index in [1.165, 1.54) is 19.3 Å². The highest BCUT2D eigenvalue weighted by Crippen LogP contribution is 2.46. The van der Waals surface area contributed by atoms with Crippen LogP contribution in [0, 0.1) is 5.92 Å². The number of nitrogens with one attached hydrogen (secondary N) is 1. The fourth-order valence-corrected chi connectivity index (χ4v) is 1.98. The minimum absolute atomic E-state index is 0.508. The Morgan fingerprint density at radius 2 is 2.44 bits per heavy atom. The molecule has 1 saturated carbocycles. The lowest BCUT2D eigenvalue weighted by atomic mass is 9.95. The van der Waals surface area contributed by atoms with Crippen LogP contribution in [0.1, 0.15) is 33.1 Å². The Hall–Kier alpha value is -0.0400. The minimum atomic E-state index is 0.508. The van der Waals surface area contributed by atoms with E-state index in [9.17, 15) is 0 Å². The Kier molecular flexibility index (Phi) is 0.963. The number of hydrogen-bond donors (Lipinski definition) is 1. The molecule has 2 aliphatic rings. The van der Waals surface area contributed by atoms with Gasteiger partial charge in [0, 0.05) is 11.6 Å². The number of fused-ring (bicyclic) bond motifs is 1. The molecule has 1 heterocycles. The molecule has 2 fully saturated rings. The molecule has 1 aliphatic heterocycles. The third-order valence-electron chi connectivity index (χ3n) is 2.95. The predicted octanol–water partition coefficient (Wildman–Crippen LogP) is 1.54. The van der Waals surface area contributed by atoms with Gasteiger partial charge >= 0.3 is 0 Å². The lowest BCUT2D eigenvalue weighted by Crippen LogP contribution is -2.38. The van der Waals surface area contributed by atoms with Crippen molar-refractivity contribution in [1.82, 2.24) is 5.32 Å². The van der Waals surface area contributed by atoms with E-state index in [1.807, 2.05) is 0 Å². The SMILES string of the molecule is CCC1(C)C[C@H]2C[C@H]2N1. The minimum Gasteiger partial charge on any atom is -0.308 e. The zero-order valence-corrected chi connectivity index (χ0v) is 6.28. The van der Waals surface area contributed by atoms with Crippen LogP contribution in [0.25, 0.3) is 0 Å². The average molecular weight is 125 g/mol. The molecule has 1 nitrogen and oxygen atoms in total. The van der Waals surface area contributed by atoms with Gasteiger partial charge in [-0.15, -0.1) is 0 Å². The van der Waals surface area contributed by atoms with E-state index >= 15 is 0 Å². The molecular weight excluding hydrogens is 110 g/mol. The molecule has 2 rings (SSSR count). The summed E-state index contributed by atoms with van der Waals surface area (Å²) >= 11 is 0. The molecule has 0 amide bonds. The summed E-state index contributed by atoms with van der Waals surface area (Å²) in [6, 6.07) is 0.912. The molecule has 0 bridgehead atoms. The van der Waals surface area contributed by atoms with Crippen molar-refractivity contribution in [3.05, 3.63) is 0 Å². The molecule has 1 unspecified atom stereocenters. The number of hydrogen-bond acceptors (Lipinski definition) is 1. The summed E-state index contributed by atoms with van der Waals surface area (Å²) in [5.74, 6) is 1.05. The fraction of sp³-hybridized carbons (Fsp3) is 1.00. The van der Waals surface area contributed by atoms with Crippen LogP contribution in [-0.4, -0.2) is 11.6 Å². The van der Waals surface area contributed by atoms with Crippen molar-refractivity contribution >= 4 is 0 Å². The highest BCUT2D eigenvalue weighted by molar-refractivity contribution is 5.08. The highest BCUT2D eigenvalue weighted by atomic mass is 15.1. The Morgan fingerprint density at radius 1 is 1.67 bits per heavy atom. The van der Waals surface area contributed by atoms with Gasteiger partial charge in [-0.25, -0.2) is 0 Å². The number of rotatable bonds is 1. The lowest BCUT2D eigenvalue weighted by molar-refractivity contribution is 0.361. The Morgan fingerprint density at radius 3 is 2.78 bits per heavy atom. The molecular formula is C8H15N. The van der Waals surface area contributed by atoms with E-state index in [4.69, 9.17) is 0 Å². The van der Waals surface area contributed by atoms with Crippen molar-refractivity contribution < 1.29 is 0 Å². The third kappa shape index (κ3) is 0.787. The van der Waals surface area contributed by atoms with Crippen molar-refractivity contribution in [2.45, 2.75) is 44.7 Å². The lowest BCUT2D eigenvalue weighted by Gasteiger charge is -2.24. The standard InChI is InChI=1S/C8H15N/c1-3-8(2)5-6-4-7(6)9-8/h6-7,9H,3-5H2,1-2H3/t6-,7-,8?/m1/s1. The second-order valence-electron chi connectivity index (χ2n) is 3.86. The summed E-state index contributed by atoms with van der Waals surface area (Å²) in [6.45, 7) is 4.62. The molecule has 0 aromatic carbocycles. The summed E-state index contributed by atoms with van der Waals surface area (Å²) in [4.78, 5) is 0. The first kappa shape index (κ1) is 5.72. The van der Waals surface area contributed by atoms with Crippen LogP contribution >= 0.6 is 0 Å². The summed E-state index contributed by atoms with van der Waals surface area (Å²) in [5, 5.41) is 3.65. The first-order chi connectivity index (χ1) is 4.23.